The number of aromatic carboxylic acids is 1. The quantitative estimate of drug-likeness (QED) is 0.874. The smallest absolute Gasteiger partial charge is 0.410 e. The van der Waals surface area contributed by atoms with Crippen molar-refractivity contribution in [1.82, 2.24) is 19.9 Å². The predicted octanol–water partition coefficient (Wildman–Crippen LogP) is 1.16. The van der Waals surface area contributed by atoms with Crippen LogP contribution in [0.2, 0.25) is 0 Å². The number of hydrogen-bond acceptors (Lipinski definition) is 5. The van der Waals surface area contributed by atoms with E-state index >= 15 is 0 Å². The second-order valence-corrected chi connectivity index (χ2v) is 5.76. The standard InChI is InChI=1S/C12H18N4O4/c1-12(2,3)20-11(19)15-5-4-8(6-15)16-7-9(10(17)18)13-14-16/h7-8H,4-6H2,1-3H3,(H,17,18). The Morgan fingerprint density at radius 1 is 1.45 bits per heavy atom. The van der Waals surface area contributed by atoms with Gasteiger partial charge in [0.05, 0.1) is 12.2 Å². The normalized spacial score (nSPS) is 19.1. The lowest BCUT2D eigenvalue weighted by Gasteiger charge is -2.24. The average molecular weight is 282 g/mol. The number of hydrogen-bond donors (Lipinski definition) is 1. The lowest BCUT2D eigenvalue weighted by atomic mass is 10.2. The Kier molecular flexibility index (Phi) is 3.65. The fourth-order valence-electron chi connectivity index (χ4n) is 2.00. The second kappa shape index (κ2) is 5.10. The summed E-state index contributed by atoms with van der Waals surface area (Å²) < 4.78 is 6.79. The van der Waals surface area contributed by atoms with E-state index in [2.05, 4.69) is 10.3 Å². The molecule has 1 atom stereocenters. The van der Waals surface area contributed by atoms with Gasteiger partial charge in [-0.25, -0.2) is 14.3 Å². The van der Waals surface area contributed by atoms with Crippen molar-refractivity contribution in [2.24, 2.45) is 0 Å². The molecule has 0 spiro atoms. The van der Waals surface area contributed by atoms with E-state index in [0.29, 0.717) is 19.5 Å². The fourth-order valence-corrected chi connectivity index (χ4v) is 2.00. The van der Waals surface area contributed by atoms with Crippen molar-refractivity contribution in [2.75, 3.05) is 13.1 Å². The summed E-state index contributed by atoms with van der Waals surface area (Å²) in [5.74, 6) is -1.11. The molecule has 20 heavy (non-hydrogen) atoms. The molecule has 1 fully saturated rings. The first-order valence-electron chi connectivity index (χ1n) is 6.39. The molecule has 1 aromatic rings. The number of likely N-dealkylation sites (tertiary alicyclic amines) is 1. The van der Waals surface area contributed by atoms with E-state index in [1.54, 1.807) is 4.90 Å². The van der Waals surface area contributed by atoms with Crippen molar-refractivity contribution in [3.05, 3.63) is 11.9 Å². The summed E-state index contributed by atoms with van der Waals surface area (Å²) in [6.45, 7) is 6.44. The SMILES string of the molecule is CC(C)(C)OC(=O)N1CCC(n2cc(C(=O)O)nn2)C1. The highest BCUT2D eigenvalue weighted by atomic mass is 16.6. The van der Waals surface area contributed by atoms with Gasteiger partial charge >= 0.3 is 12.1 Å². The van der Waals surface area contributed by atoms with Gasteiger partial charge in [0.25, 0.3) is 0 Å². The second-order valence-electron chi connectivity index (χ2n) is 5.76. The van der Waals surface area contributed by atoms with Gasteiger partial charge in [-0.1, -0.05) is 5.21 Å². The molecule has 1 aromatic heterocycles. The number of aromatic nitrogens is 3. The molecule has 1 unspecified atom stereocenters. The first-order chi connectivity index (χ1) is 9.26. The van der Waals surface area contributed by atoms with Crippen LogP contribution in [0.25, 0.3) is 0 Å². The molecule has 1 saturated heterocycles. The lowest BCUT2D eigenvalue weighted by molar-refractivity contribution is 0.0288. The summed E-state index contributed by atoms with van der Waals surface area (Å²) in [5.41, 5.74) is -0.625. The number of ether oxygens (including phenoxy) is 1. The maximum Gasteiger partial charge on any atom is 0.410 e. The summed E-state index contributed by atoms with van der Waals surface area (Å²) in [6.07, 6.45) is 1.71. The summed E-state index contributed by atoms with van der Waals surface area (Å²) in [7, 11) is 0. The fraction of sp³-hybridized carbons (Fsp3) is 0.667. The Bertz CT molecular complexity index is 520. The lowest BCUT2D eigenvalue weighted by Crippen LogP contribution is -2.35. The van der Waals surface area contributed by atoms with Crippen molar-refractivity contribution < 1.29 is 19.4 Å². The third-order valence-electron chi connectivity index (χ3n) is 2.92. The first kappa shape index (κ1) is 14.3. The topological polar surface area (TPSA) is 97.5 Å². The van der Waals surface area contributed by atoms with Crippen molar-refractivity contribution in [3.63, 3.8) is 0 Å². The molecular formula is C12H18N4O4. The van der Waals surface area contributed by atoms with Gasteiger partial charge in [0.1, 0.15) is 5.60 Å². The molecule has 0 aromatic carbocycles. The molecule has 1 amide bonds. The van der Waals surface area contributed by atoms with Crippen molar-refractivity contribution in [3.8, 4) is 0 Å². The molecule has 1 aliphatic heterocycles. The molecule has 0 bridgehead atoms. The predicted molar refractivity (Wildman–Crippen MR) is 68.4 cm³/mol. The molecule has 1 N–H and O–H groups in total. The van der Waals surface area contributed by atoms with Gasteiger partial charge in [-0.15, -0.1) is 5.10 Å². The third-order valence-corrected chi connectivity index (χ3v) is 2.92. The van der Waals surface area contributed by atoms with Gasteiger partial charge in [0, 0.05) is 13.1 Å². The maximum absolute atomic E-state index is 11.9. The van der Waals surface area contributed by atoms with E-state index in [9.17, 15) is 9.59 Å². The average Bonchev–Trinajstić information content (AvgIpc) is 2.95. The Hall–Kier alpha value is -2.12. The highest BCUT2D eigenvalue weighted by Gasteiger charge is 2.31. The Labute approximate surface area is 116 Å². The molecule has 0 saturated carbocycles. The van der Waals surface area contributed by atoms with Crippen LogP contribution in [-0.2, 0) is 4.74 Å². The number of carboxylic acids is 1. The van der Waals surface area contributed by atoms with Crippen molar-refractivity contribution >= 4 is 12.1 Å². The molecule has 8 nitrogen and oxygen atoms in total. The van der Waals surface area contributed by atoms with Gasteiger partial charge in [0.15, 0.2) is 5.69 Å². The van der Waals surface area contributed by atoms with Crippen LogP contribution in [0, 0.1) is 0 Å². The van der Waals surface area contributed by atoms with E-state index < -0.39 is 11.6 Å². The van der Waals surface area contributed by atoms with Crippen LogP contribution in [0.15, 0.2) is 6.20 Å². The molecule has 2 heterocycles. The zero-order valence-electron chi connectivity index (χ0n) is 11.7. The Morgan fingerprint density at radius 3 is 2.70 bits per heavy atom. The van der Waals surface area contributed by atoms with E-state index in [4.69, 9.17) is 9.84 Å². The van der Waals surface area contributed by atoms with Crippen LogP contribution >= 0.6 is 0 Å². The van der Waals surface area contributed by atoms with Gasteiger partial charge < -0.3 is 14.7 Å². The third kappa shape index (κ3) is 3.25. The number of amides is 1. The van der Waals surface area contributed by atoms with E-state index in [0.717, 1.165) is 0 Å². The van der Waals surface area contributed by atoms with E-state index in [1.807, 2.05) is 20.8 Å². The monoisotopic (exact) mass is 282 g/mol. The Morgan fingerprint density at radius 2 is 2.15 bits per heavy atom. The minimum atomic E-state index is -1.11. The van der Waals surface area contributed by atoms with Crippen LogP contribution in [0.1, 0.15) is 43.7 Å². The molecule has 2 rings (SSSR count). The highest BCUT2D eigenvalue weighted by Crippen LogP contribution is 2.22. The molecule has 8 heteroatoms. The number of rotatable bonds is 2. The summed E-state index contributed by atoms with van der Waals surface area (Å²) in [4.78, 5) is 24.3. The van der Waals surface area contributed by atoms with Crippen molar-refractivity contribution in [2.45, 2.75) is 38.8 Å². The minimum Gasteiger partial charge on any atom is -0.476 e. The van der Waals surface area contributed by atoms with Crippen LogP contribution in [0.4, 0.5) is 4.79 Å². The van der Waals surface area contributed by atoms with Crippen LogP contribution in [-0.4, -0.2) is 55.8 Å². The maximum atomic E-state index is 11.9. The molecule has 0 radical (unpaired) electrons. The van der Waals surface area contributed by atoms with Crippen LogP contribution < -0.4 is 0 Å². The van der Waals surface area contributed by atoms with Gasteiger partial charge in [0.2, 0.25) is 0 Å². The minimum absolute atomic E-state index is 0.0666. The van der Waals surface area contributed by atoms with Crippen molar-refractivity contribution in [1.29, 1.82) is 0 Å². The molecule has 110 valence electrons. The summed E-state index contributed by atoms with van der Waals surface area (Å²) in [6, 6.07) is -0.0666. The Balaban J connectivity index is 1.98. The molecular weight excluding hydrogens is 264 g/mol. The van der Waals surface area contributed by atoms with Gasteiger partial charge in [-0.3, -0.25) is 0 Å². The summed E-state index contributed by atoms with van der Waals surface area (Å²) in [5, 5.41) is 16.2. The largest absolute Gasteiger partial charge is 0.476 e. The van der Waals surface area contributed by atoms with Crippen LogP contribution in [0.3, 0.4) is 0 Å². The number of carboxylic acid groups (broad SMARTS) is 1. The van der Waals surface area contributed by atoms with Gasteiger partial charge in [-0.2, -0.15) is 0 Å². The van der Waals surface area contributed by atoms with E-state index in [-0.39, 0.29) is 17.8 Å². The zero-order valence-corrected chi connectivity index (χ0v) is 11.7. The number of carbonyl (C=O) groups excluding carboxylic acids is 1. The van der Waals surface area contributed by atoms with Crippen LogP contribution in [0.5, 0.6) is 0 Å². The first-order valence-corrected chi connectivity index (χ1v) is 6.39. The number of carbonyl (C=O) groups is 2. The highest BCUT2D eigenvalue weighted by molar-refractivity contribution is 5.84. The van der Waals surface area contributed by atoms with Gasteiger partial charge in [-0.05, 0) is 27.2 Å². The zero-order chi connectivity index (χ0) is 14.9. The molecule has 0 aliphatic carbocycles. The van der Waals surface area contributed by atoms with E-state index in [1.165, 1.54) is 10.9 Å². The number of nitrogens with zero attached hydrogens (tertiary/aromatic N) is 4. The molecule has 1 aliphatic rings. The summed E-state index contributed by atoms with van der Waals surface area (Å²) >= 11 is 0.